The number of piperidine rings is 1. The highest BCUT2D eigenvalue weighted by atomic mass is 16.5. The Morgan fingerprint density at radius 2 is 1.78 bits per heavy atom. The summed E-state index contributed by atoms with van der Waals surface area (Å²) in [6.07, 6.45) is 4.30. The van der Waals surface area contributed by atoms with Crippen LogP contribution >= 0.6 is 0 Å². The van der Waals surface area contributed by atoms with Gasteiger partial charge in [-0.15, -0.1) is 0 Å². The van der Waals surface area contributed by atoms with Crippen molar-refractivity contribution in [1.82, 2.24) is 9.80 Å². The molecule has 5 heteroatoms. The molecule has 3 rings (SSSR count). The van der Waals surface area contributed by atoms with Crippen LogP contribution in [0, 0.1) is 5.92 Å². The van der Waals surface area contributed by atoms with E-state index in [1.54, 1.807) is 7.11 Å². The highest BCUT2D eigenvalue weighted by Gasteiger charge is 2.37. The average Bonchev–Trinajstić information content (AvgIpc) is 3.18. The molecule has 0 aliphatic carbocycles. The Hall–Kier alpha value is -2.04. The standard InChI is InChI=1S/C22H32N2O3/c1-16-10-13-23(14-11-16)22(26)20-5-4-12-24(20)21(25)15-17(2)18-6-8-19(27-3)9-7-18/h6-9,16-17,20H,4-5,10-15H2,1-3H3/t17?,20-/m0/s1. The van der Waals surface area contributed by atoms with Gasteiger partial charge in [-0.1, -0.05) is 26.0 Å². The van der Waals surface area contributed by atoms with E-state index < -0.39 is 0 Å². The number of amides is 2. The molecule has 0 saturated carbocycles. The Balaban J connectivity index is 1.60. The van der Waals surface area contributed by atoms with Gasteiger partial charge >= 0.3 is 0 Å². The summed E-state index contributed by atoms with van der Waals surface area (Å²) in [4.78, 5) is 29.7. The third-order valence-corrected chi connectivity index (χ3v) is 6.12. The summed E-state index contributed by atoms with van der Waals surface area (Å²) in [5.41, 5.74) is 1.12. The second kappa shape index (κ2) is 8.77. The predicted octanol–water partition coefficient (Wildman–Crippen LogP) is 3.44. The molecule has 1 unspecified atom stereocenters. The second-order valence-electron chi connectivity index (χ2n) is 8.13. The van der Waals surface area contributed by atoms with Crippen LogP contribution in [0.25, 0.3) is 0 Å². The third kappa shape index (κ3) is 4.63. The Morgan fingerprint density at radius 1 is 1.11 bits per heavy atom. The van der Waals surface area contributed by atoms with Gasteiger partial charge < -0.3 is 14.5 Å². The van der Waals surface area contributed by atoms with Crippen molar-refractivity contribution >= 4 is 11.8 Å². The van der Waals surface area contributed by atoms with Crippen molar-refractivity contribution in [2.45, 2.75) is 57.9 Å². The first-order valence-corrected chi connectivity index (χ1v) is 10.2. The molecule has 2 fully saturated rings. The number of likely N-dealkylation sites (tertiary alicyclic amines) is 2. The van der Waals surface area contributed by atoms with Gasteiger partial charge in [0, 0.05) is 26.1 Å². The highest BCUT2D eigenvalue weighted by molar-refractivity contribution is 5.88. The fourth-order valence-electron chi connectivity index (χ4n) is 4.19. The summed E-state index contributed by atoms with van der Waals surface area (Å²) < 4.78 is 5.20. The van der Waals surface area contributed by atoms with Crippen LogP contribution in [0.3, 0.4) is 0 Å². The quantitative estimate of drug-likeness (QED) is 0.796. The first-order valence-electron chi connectivity index (χ1n) is 10.2. The fraction of sp³-hybridized carbons (Fsp3) is 0.636. The molecule has 1 aromatic rings. The van der Waals surface area contributed by atoms with Gasteiger partial charge in [0.2, 0.25) is 11.8 Å². The molecule has 0 radical (unpaired) electrons. The van der Waals surface area contributed by atoms with Gasteiger partial charge in [-0.25, -0.2) is 0 Å². The molecule has 2 aliphatic rings. The number of benzene rings is 1. The van der Waals surface area contributed by atoms with E-state index in [0.29, 0.717) is 18.9 Å². The molecule has 27 heavy (non-hydrogen) atoms. The maximum atomic E-state index is 13.0. The molecule has 0 aromatic heterocycles. The number of carbonyl (C=O) groups is 2. The Labute approximate surface area is 162 Å². The van der Waals surface area contributed by atoms with E-state index in [4.69, 9.17) is 4.74 Å². The number of hydrogen-bond acceptors (Lipinski definition) is 3. The topological polar surface area (TPSA) is 49.9 Å². The monoisotopic (exact) mass is 372 g/mol. The maximum absolute atomic E-state index is 13.0. The molecule has 0 spiro atoms. The van der Waals surface area contributed by atoms with Crippen LogP contribution in [-0.4, -0.2) is 54.4 Å². The SMILES string of the molecule is COc1ccc(C(C)CC(=O)N2CCC[C@H]2C(=O)N2CCC(C)CC2)cc1. The zero-order chi connectivity index (χ0) is 19.4. The summed E-state index contributed by atoms with van der Waals surface area (Å²) in [5.74, 6) is 1.89. The number of hydrogen-bond donors (Lipinski definition) is 0. The van der Waals surface area contributed by atoms with Crippen LogP contribution in [0.15, 0.2) is 24.3 Å². The van der Waals surface area contributed by atoms with Crippen LogP contribution in [0.1, 0.15) is 57.4 Å². The summed E-state index contributed by atoms with van der Waals surface area (Å²) >= 11 is 0. The Kier molecular flexibility index (Phi) is 6.40. The lowest BCUT2D eigenvalue weighted by Crippen LogP contribution is -2.50. The van der Waals surface area contributed by atoms with Crippen molar-refractivity contribution in [1.29, 1.82) is 0 Å². The van der Waals surface area contributed by atoms with E-state index in [-0.39, 0.29) is 23.8 Å². The first-order chi connectivity index (χ1) is 13.0. The van der Waals surface area contributed by atoms with Crippen molar-refractivity contribution < 1.29 is 14.3 Å². The summed E-state index contributed by atoms with van der Waals surface area (Å²) in [7, 11) is 1.65. The molecule has 2 aliphatic heterocycles. The minimum atomic E-state index is -0.256. The van der Waals surface area contributed by atoms with Crippen LogP contribution in [0.2, 0.25) is 0 Å². The first kappa shape index (κ1) is 19.7. The van der Waals surface area contributed by atoms with Gasteiger partial charge in [-0.05, 0) is 55.2 Å². The molecule has 1 aromatic carbocycles. The zero-order valence-corrected chi connectivity index (χ0v) is 16.8. The van der Waals surface area contributed by atoms with Crippen molar-refractivity contribution in [3.8, 4) is 5.75 Å². The highest BCUT2D eigenvalue weighted by Crippen LogP contribution is 2.27. The number of nitrogens with zero attached hydrogens (tertiary/aromatic N) is 2. The van der Waals surface area contributed by atoms with Crippen LogP contribution < -0.4 is 4.74 Å². The Bertz CT molecular complexity index is 650. The van der Waals surface area contributed by atoms with E-state index in [9.17, 15) is 9.59 Å². The second-order valence-corrected chi connectivity index (χ2v) is 8.13. The van der Waals surface area contributed by atoms with Gasteiger partial charge in [0.1, 0.15) is 11.8 Å². The van der Waals surface area contributed by atoms with E-state index in [1.807, 2.05) is 34.1 Å². The molecule has 2 heterocycles. The number of rotatable bonds is 5. The Morgan fingerprint density at radius 3 is 2.41 bits per heavy atom. The molecular formula is C22H32N2O3. The third-order valence-electron chi connectivity index (χ3n) is 6.12. The van der Waals surface area contributed by atoms with E-state index in [2.05, 4.69) is 13.8 Å². The molecule has 0 bridgehead atoms. The molecule has 2 atom stereocenters. The molecule has 0 N–H and O–H groups in total. The van der Waals surface area contributed by atoms with Crippen molar-refractivity contribution in [3.63, 3.8) is 0 Å². The van der Waals surface area contributed by atoms with Crippen LogP contribution in [-0.2, 0) is 9.59 Å². The summed E-state index contributed by atoms with van der Waals surface area (Å²) in [6, 6.07) is 7.62. The largest absolute Gasteiger partial charge is 0.497 e. The molecule has 5 nitrogen and oxygen atoms in total. The maximum Gasteiger partial charge on any atom is 0.245 e. The molecule has 2 saturated heterocycles. The lowest BCUT2D eigenvalue weighted by Gasteiger charge is -2.34. The van der Waals surface area contributed by atoms with E-state index in [0.717, 1.165) is 50.1 Å². The number of ether oxygens (including phenoxy) is 1. The molecule has 2 amide bonds. The summed E-state index contributed by atoms with van der Waals surface area (Å²) in [6.45, 7) is 6.68. The van der Waals surface area contributed by atoms with Crippen LogP contribution in [0.4, 0.5) is 0 Å². The predicted molar refractivity (Wildman–Crippen MR) is 106 cm³/mol. The summed E-state index contributed by atoms with van der Waals surface area (Å²) in [5, 5.41) is 0. The van der Waals surface area contributed by atoms with Gasteiger partial charge in [0.25, 0.3) is 0 Å². The van der Waals surface area contributed by atoms with Gasteiger partial charge in [0.05, 0.1) is 7.11 Å². The van der Waals surface area contributed by atoms with Crippen molar-refractivity contribution in [2.24, 2.45) is 5.92 Å². The zero-order valence-electron chi connectivity index (χ0n) is 16.8. The molecule has 148 valence electrons. The van der Waals surface area contributed by atoms with Crippen LogP contribution in [0.5, 0.6) is 5.75 Å². The number of carbonyl (C=O) groups excluding carboxylic acids is 2. The van der Waals surface area contributed by atoms with Crippen molar-refractivity contribution in [3.05, 3.63) is 29.8 Å². The minimum absolute atomic E-state index is 0.0968. The normalized spacial score (nSPS) is 22.0. The molecular weight excluding hydrogens is 340 g/mol. The number of methoxy groups -OCH3 is 1. The average molecular weight is 373 g/mol. The van der Waals surface area contributed by atoms with Gasteiger partial charge in [0.15, 0.2) is 0 Å². The van der Waals surface area contributed by atoms with E-state index in [1.165, 1.54) is 0 Å². The van der Waals surface area contributed by atoms with Crippen molar-refractivity contribution in [2.75, 3.05) is 26.7 Å². The lowest BCUT2D eigenvalue weighted by molar-refractivity contribution is -0.144. The van der Waals surface area contributed by atoms with Gasteiger partial charge in [-0.2, -0.15) is 0 Å². The van der Waals surface area contributed by atoms with Gasteiger partial charge in [-0.3, -0.25) is 9.59 Å². The van der Waals surface area contributed by atoms with E-state index >= 15 is 0 Å². The smallest absolute Gasteiger partial charge is 0.245 e. The fourth-order valence-corrected chi connectivity index (χ4v) is 4.19. The minimum Gasteiger partial charge on any atom is -0.497 e. The lowest BCUT2D eigenvalue weighted by atomic mass is 9.96.